The molecule has 3 rings (SSSR count). The Bertz CT molecular complexity index is 879. The molecule has 130 valence electrons. The Morgan fingerprint density at radius 1 is 1.24 bits per heavy atom. The van der Waals surface area contributed by atoms with Crippen molar-refractivity contribution in [1.29, 1.82) is 0 Å². The van der Waals surface area contributed by atoms with Gasteiger partial charge in [0.25, 0.3) is 0 Å². The quantitative estimate of drug-likeness (QED) is 0.750. The Kier molecular flexibility index (Phi) is 5.07. The smallest absolute Gasteiger partial charge is 0.216 e. The van der Waals surface area contributed by atoms with Crippen LogP contribution in [0.4, 0.5) is 0 Å². The summed E-state index contributed by atoms with van der Waals surface area (Å²) in [6.07, 6.45) is 3.22. The van der Waals surface area contributed by atoms with Crippen molar-refractivity contribution in [2.75, 3.05) is 6.54 Å². The van der Waals surface area contributed by atoms with Crippen LogP contribution in [0, 0.1) is 5.92 Å². The third-order valence-corrected chi connectivity index (χ3v) is 3.87. The number of hydrogen-bond donors (Lipinski definition) is 1. The van der Waals surface area contributed by atoms with Crippen LogP contribution in [0.2, 0.25) is 0 Å². The number of nitrogens with one attached hydrogen (secondary N) is 1. The van der Waals surface area contributed by atoms with Crippen molar-refractivity contribution in [3.05, 3.63) is 48.2 Å². The van der Waals surface area contributed by atoms with Crippen LogP contribution in [0.3, 0.4) is 0 Å². The van der Waals surface area contributed by atoms with Crippen molar-refractivity contribution in [2.45, 2.75) is 33.6 Å². The molecule has 25 heavy (non-hydrogen) atoms. The number of para-hydroxylation sites is 1. The minimum Gasteiger partial charge on any atom is -0.356 e. The fraction of sp³-hybridized carbons (Fsp3) is 0.368. The molecule has 0 spiro atoms. The second kappa shape index (κ2) is 7.42. The minimum atomic E-state index is -0.0414. The average molecular weight is 337 g/mol. The standard InChI is InChI=1S/C19H23N5O/c1-13(2)12-17-22-18(9-11-20-14(3)25)24(23-17)16-8-4-6-15-7-5-10-21-19(15)16/h4-8,10,13H,9,11-12H2,1-3H3,(H,20,25). The summed E-state index contributed by atoms with van der Waals surface area (Å²) in [4.78, 5) is 20.4. The first-order valence-corrected chi connectivity index (χ1v) is 8.58. The number of rotatable bonds is 6. The highest BCUT2D eigenvalue weighted by Crippen LogP contribution is 2.21. The number of fused-ring (bicyclic) bond motifs is 1. The van der Waals surface area contributed by atoms with Crippen LogP contribution in [0.1, 0.15) is 32.4 Å². The van der Waals surface area contributed by atoms with Gasteiger partial charge in [-0.3, -0.25) is 9.78 Å². The first kappa shape index (κ1) is 17.1. The summed E-state index contributed by atoms with van der Waals surface area (Å²) in [5.41, 5.74) is 1.81. The Labute approximate surface area is 147 Å². The molecule has 0 saturated heterocycles. The van der Waals surface area contributed by atoms with Crippen LogP contribution in [0.5, 0.6) is 0 Å². The fourth-order valence-corrected chi connectivity index (χ4v) is 2.81. The maximum Gasteiger partial charge on any atom is 0.216 e. The maximum absolute atomic E-state index is 11.2. The van der Waals surface area contributed by atoms with Crippen molar-refractivity contribution >= 4 is 16.8 Å². The van der Waals surface area contributed by atoms with Gasteiger partial charge in [0.2, 0.25) is 5.91 Å². The molecule has 0 radical (unpaired) electrons. The number of pyridine rings is 1. The lowest BCUT2D eigenvalue weighted by atomic mass is 10.1. The molecule has 1 amide bonds. The molecule has 2 aromatic heterocycles. The number of amides is 1. The number of hydrogen-bond acceptors (Lipinski definition) is 4. The number of aromatic nitrogens is 4. The molecule has 3 aromatic rings. The Balaban J connectivity index is 2.02. The van der Waals surface area contributed by atoms with E-state index in [0.29, 0.717) is 18.9 Å². The van der Waals surface area contributed by atoms with Gasteiger partial charge in [0.1, 0.15) is 5.82 Å². The van der Waals surface area contributed by atoms with Crippen molar-refractivity contribution in [1.82, 2.24) is 25.1 Å². The molecule has 2 heterocycles. The monoisotopic (exact) mass is 337 g/mol. The van der Waals surface area contributed by atoms with Crippen LogP contribution < -0.4 is 5.32 Å². The molecular formula is C19H23N5O. The number of nitrogens with zero attached hydrogens (tertiary/aromatic N) is 4. The van der Waals surface area contributed by atoms with Crippen LogP contribution >= 0.6 is 0 Å². The van der Waals surface area contributed by atoms with Gasteiger partial charge in [-0.2, -0.15) is 5.10 Å². The number of carbonyl (C=O) groups is 1. The van der Waals surface area contributed by atoms with Gasteiger partial charge in [-0.1, -0.05) is 32.0 Å². The van der Waals surface area contributed by atoms with Crippen molar-refractivity contribution in [2.24, 2.45) is 5.92 Å². The highest BCUT2D eigenvalue weighted by atomic mass is 16.1. The van der Waals surface area contributed by atoms with Gasteiger partial charge >= 0.3 is 0 Å². The molecule has 0 saturated carbocycles. The van der Waals surface area contributed by atoms with E-state index in [4.69, 9.17) is 10.1 Å². The van der Waals surface area contributed by atoms with Gasteiger partial charge in [-0.25, -0.2) is 9.67 Å². The van der Waals surface area contributed by atoms with Crippen molar-refractivity contribution < 1.29 is 4.79 Å². The summed E-state index contributed by atoms with van der Waals surface area (Å²) < 4.78 is 1.87. The molecule has 1 N–H and O–H groups in total. The van der Waals surface area contributed by atoms with E-state index >= 15 is 0 Å². The van der Waals surface area contributed by atoms with E-state index in [1.807, 2.05) is 35.0 Å². The summed E-state index contributed by atoms with van der Waals surface area (Å²) in [5.74, 6) is 2.09. The molecule has 0 bridgehead atoms. The van der Waals surface area contributed by atoms with E-state index in [-0.39, 0.29) is 5.91 Å². The summed E-state index contributed by atoms with van der Waals surface area (Å²) in [6, 6.07) is 10.0. The summed E-state index contributed by atoms with van der Waals surface area (Å²) in [5, 5.41) is 8.61. The Hall–Kier alpha value is -2.76. The molecular weight excluding hydrogens is 314 g/mol. The molecule has 6 heteroatoms. The Morgan fingerprint density at radius 2 is 2.04 bits per heavy atom. The highest BCUT2D eigenvalue weighted by Gasteiger charge is 2.15. The third-order valence-electron chi connectivity index (χ3n) is 3.87. The van der Waals surface area contributed by atoms with E-state index < -0.39 is 0 Å². The second-order valence-corrected chi connectivity index (χ2v) is 6.54. The fourth-order valence-electron chi connectivity index (χ4n) is 2.81. The molecule has 0 fully saturated rings. The zero-order valence-electron chi connectivity index (χ0n) is 14.9. The predicted octanol–water partition coefficient (Wildman–Crippen LogP) is 2.69. The number of carbonyl (C=O) groups excluding carboxylic acids is 1. The van der Waals surface area contributed by atoms with E-state index in [1.165, 1.54) is 6.92 Å². The maximum atomic E-state index is 11.2. The van der Waals surface area contributed by atoms with Gasteiger partial charge in [0.15, 0.2) is 5.82 Å². The van der Waals surface area contributed by atoms with Gasteiger partial charge in [-0.05, 0) is 18.1 Å². The lowest BCUT2D eigenvalue weighted by molar-refractivity contribution is -0.118. The summed E-state index contributed by atoms with van der Waals surface area (Å²) >= 11 is 0. The zero-order valence-corrected chi connectivity index (χ0v) is 14.9. The van der Waals surface area contributed by atoms with E-state index in [2.05, 4.69) is 24.1 Å². The predicted molar refractivity (Wildman–Crippen MR) is 97.6 cm³/mol. The average Bonchev–Trinajstić information content (AvgIpc) is 2.95. The van der Waals surface area contributed by atoms with Gasteiger partial charge in [0, 0.05) is 37.9 Å². The van der Waals surface area contributed by atoms with Crippen molar-refractivity contribution in [3.63, 3.8) is 0 Å². The molecule has 6 nitrogen and oxygen atoms in total. The first-order chi connectivity index (χ1) is 12.0. The Morgan fingerprint density at radius 3 is 2.80 bits per heavy atom. The van der Waals surface area contributed by atoms with E-state index in [0.717, 1.165) is 34.7 Å². The first-order valence-electron chi connectivity index (χ1n) is 8.58. The highest BCUT2D eigenvalue weighted by molar-refractivity contribution is 5.86. The van der Waals surface area contributed by atoms with Gasteiger partial charge in [0.05, 0.1) is 11.2 Å². The topological polar surface area (TPSA) is 72.7 Å². The summed E-state index contributed by atoms with van der Waals surface area (Å²) in [7, 11) is 0. The molecule has 0 aliphatic heterocycles. The van der Waals surface area contributed by atoms with Crippen LogP contribution in [-0.2, 0) is 17.6 Å². The molecule has 0 atom stereocenters. The lowest BCUT2D eigenvalue weighted by Gasteiger charge is -2.09. The second-order valence-electron chi connectivity index (χ2n) is 6.54. The summed E-state index contributed by atoms with van der Waals surface area (Å²) in [6.45, 7) is 6.35. The van der Waals surface area contributed by atoms with Gasteiger partial charge < -0.3 is 5.32 Å². The van der Waals surface area contributed by atoms with Gasteiger partial charge in [-0.15, -0.1) is 0 Å². The van der Waals surface area contributed by atoms with Crippen LogP contribution in [0.15, 0.2) is 36.5 Å². The third kappa shape index (κ3) is 4.02. The van der Waals surface area contributed by atoms with E-state index in [1.54, 1.807) is 6.20 Å². The molecule has 1 aromatic carbocycles. The molecule has 0 aliphatic rings. The molecule has 0 aliphatic carbocycles. The molecule has 0 unspecified atom stereocenters. The van der Waals surface area contributed by atoms with Crippen LogP contribution in [0.25, 0.3) is 16.6 Å². The van der Waals surface area contributed by atoms with Crippen molar-refractivity contribution in [3.8, 4) is 5.69 Å². The SMILES string of the molecule is CC(=O)NCCc1nc(CC(C)C)nn1-c1cccc2cccnc12. The lowest BCUT2D eigenvalue weighted by Crippen LogP contribution is -2.23. The minimum absolute atomic E-state index is 0.0414. The van der Waals surface area contributed by atoms with E-state index in [9.17, 15) is 4.79 Å². The number of benzene rings is 1. The van der Waals surface area contributed by atoms with Crippen LogP contribution in [-0.4, -0.2) is 32.2 Å². The normalized spacial score (nSPS) is 11.2. The largest absolute Gasteiger partial charge is 0.356 e. The zero-order chi connectivity index (χ0) is 17.8.